The molecule has 4 heteroatoms. The van der Waals surface area contributed by atoms with Crippen LogP contribution in [0.4, 0.5) is 0 Å². The van der Waals surface area contributed by atoms with E-state index in [4.69, 9.17) is 9.47 Å². The molecular formula is C18H29NO3. The van der Waals surface area contributed by atoms with Gasteiger partial charge < -0.3 is 14.4 Å². The Morgan fingerprint density at radius 2 is 1.73 bits per heavy atom. The van der Waals surface area contributed by atoms with Gasteiger partial charge in [0.25, 0.3) is 0 Å². The Balaban J connectivity index is 1.55. The summed E-state index contributed by atoms with van der Waals surface area (Å²) < 4.78 is 11.2. The summed E-state index contributed by atoms with van der Waals surface area (Å²) in [6.45, 7) is 11.8. The Morgan fingerprint density at radius 3 is 2.27 bits per heavy atom. The van der Waals surface area contributed by atoms with E-state index >= 15 is 0 Å². The van der Waals surface area contributed by atoms with Crippen LogP contribution in [-0.4, -0.2) is 43.4 Å². The summed E-state index contributed by atoms with van der Waals surface area (Å²) in [7, 11) is 0. The first kappa shape index (κ1) is 16.0. The lowest BCUT2D eigenvalue weighted by atomic mass is 9.95. The number of amides is 1. The standard InChI is InChI=1S/C18H29NO3/c1-12(2)11-14-15(18(14,3)4)16(20)19-7-5-13(6-8-19)17-21-9-10-22-17/h11,13-15,17H,5-10H2,1-4H3. The SMILES string of the molecule is CC(C)=CC1C(C(=O)N2CCC(C3OCCO3)CC2)C1(C)C. The van der Waals surface area contributed by atoms with E-state index in [-0.39, 0.29) is 17.6 Å². The second-order valence-electron chi connectivity index (χ2n) is 7.84. The molecule has 0 N–H and O–H groups in total. The molecule has 0 radical (unpaired) electrons. The fourth-order valence-corrected chi connectivity index (χ4v) is 4.06. The van der Waals surface area contributed by atoms with Crippen molar-refractivity contribution in [2.45, 2.75) is 46.8 Å². The highest BCUT2D eigenvalue weighted by atomic mass is 16.7. The lowest BCUT2D eigenvalue weighted by Gasteiger charge is -2.34. The molecule has 3 fully saturated rings. The summed E-state index contributed by atoms with van der Waals surface area (Å²) in [6.07, 6.45) is 4.23. The van der Waals surface area contributed by atoms with E-state index < -0.39 is 0 Å². The molecule has 0 spiro atoms. The smallest absolute Gasteiger partial charge is 0.226 e. The molecule has 3 aliphatic rings. The van der Waals surface area contributed by atoms with E-state index in [1.54, 1.807) is 0 Å². The van der Waals surface area contributed by atoms with Crippen molar-refractivity contribution < 1.29 is 14.3 Å². The molecule has 0 aromatic rings. The zero-order valence-electron chi connectivity index (χ0n) is 14.3. The zero-order chi connectivity index (χ0) is 15.9. The molecule has 0 aromatic heterocycles. The van der Waals surface area contributed by atoms with Crippen molar-refractivity contribution >= 4 is 5.91 Å². The molecule has 2 unspecified atom stereocenters. The Bertz CT molecular complexity index is 453. The molecule has 2 saturated heterocycles. The molecule has 0 bridgehead atoms. The highest BCUT2D eigenvalue weighted by Crippen LogP contribution is 2.60. The van der Waals surface area contributed by atoms with Crippen molar-refractivity contribution in [3.05, 3.63) is 11.6 Å². The molecule has 22 heavy (non-hydrogen) atoms. The molecule has 2 atom stereocenters. The van der Waals surface area contributed by atoms with Crippen LogP contribution in [0, 0.1) is 23.2 Å². The van der Waals surface area contributed by atoms with Crippen molar-refractivity contribution in [3.8, 4) is 0 Å². The van der Waals surface area contributed by atoms with Crippen LogP contribution in [0.25, 0.3) is 0 Å². The summed E-state index contributed by atoms with van der Waals surface area (Å²) in [4.78, 5) is 14.9. The van der Waals surface area contributed by atoms with Crippen molar-refractivity contribution in [2.24, 2.45) is 23.2 Å². The van der Waals surface area contributed by atoms with Crippen LogP contribution >= 0.6 is 0 Å². The van der Waals surface area contributed by atoms with Crippen molar-refractivity contribution in [1.29, 1.82) is 0 Å². The average Bonchev–Trinajstić information content (AvgIpc) is 2.87. The molecule has 3 rings (SSSR count). The van der Waals surface area contributed by atoms with Crippen molar-refractivity contribution in [3.63, 3.8) is 0 Å². The maximum Gasteiger partial charge on any atom is 0.226 e. The molecular weight excluding hydrogens is 278 g/mol. The van der Waals surface area contributed by atoms with E-state index in [0.29, 0.717) is 31.0 Å². The Hall–Kier alpha value is -0.870. The lowest BCUT2D eigenvalue weighted by Crippen LogP contribution is -2.42. The summed E-state index contributed by atoms with van der Waals surface area (Å²) in [6, 6.07) is 0. The quantitative estimate of drug-likeness (QED) is 0.753. The summed E-state index contributed by atoms with van der Waals surface area (Å²) in [5, 5.41) is 0. The Labute approximate surface area is 133 Å². The fourth-order valence-electron chi connectivity index (χ4n) is 4.06. The molecule has 124 valence electrons. The number of likely N-dealkylation sites (tertiary alicyclic amines) is 1. The number of piperidine rings is 1. The third-order valence-electron chi connectivity index (χ3n) is 5.57. The third-order valence-corrected chi connectivity index (χ3v) is 5.57. The van der Waals surface area contributed by atoms with Crippen LogP contribution in [-0.2, 0) is 14.3 Å². The number of rotatable bonds is 3. The molecule has 0 aromatic carbocycles. The van der Waals surface area contributed by atoms with Gasteiger partial charge in [-0.2, -0.15) is 0 Å². The monoisotopic (exact) mass is 307 g/mol. The number of allylic oxidation sites excluding steroid dienone is 2. The van der Waals surface area contributed by atoms with Gasteiger partial charge >= 0.3 is 0 Å². The van der Waals surface area contributed by atoms with Gasteiger partial charge in [-0.15, -0.1) is 0 Å². The maximum atomic E-state index is 12.8. The lowest BCUT2D eigenvalue weighted by molar-refractivity contribution is -0.139. The van der Waals surface area contributed by atoms with Crippen LogP contribution in [0.2, 0.25) is 0 Å². The van der Waals surface area contributed by atoms with Gasteiger partial charge in [-0.3, -0.25) is 4.79 Å². The molecule has 4 nitrogen and oxygen atoms in total. The van der Waals surface area contributed by atoms with Gasteiger partial charge in [0.15, 0.2) is 6.29 Å². The van der Waals surface area contributed by atoms with Gasteiger partial charge in [0.2, 0.25) is 5.91 Å². The summed E-state index contributed by atoms with van der Waals surface area (Å²) in [5.74, 6) is 1.37. The highest BCUT2D eigenvalue weighted by molar-refractivity contribution is 5.84. The molecule has 2 heterocycles. The Morgan fingerprint density at radius 1 is 1.14 bits per heavy atom. The summed E-state index contributed by atoms with van der Waals surface area (Å²) in [5.41, 5.74) is 1.42. The minimum absolute atomic E-state index is 0.0342. The van der Waals surface area contributed by atoms with E-state index in [2.05, 4.69) is 38.7 Å². The topological polar surface area (TPSA) is 38.8 Å². The van der Waals surface area contributed by atoms with Gasteiger partial charge in [0.1, 0.15) is 0 Å². The van der Waals surface area contributed by atoms with Gasteiger partial charge in [-0.1, -0.05) is 25.5 Å². The minimum atomic E-state index is -0.0342. The van der Waals surface area contributed by atoms with Gasteiger partial charge in [-0.05, 0) is 38.0 Å². The van der Waals surface area contributed by atoms with Gasteiger partial charge in [0, 0.05) is 19.0 Å². The van der Waals surface area contributed by atoms with Crippen LogP contribution < -0.4 is 0 Å². The Kier molecular flexibility index (Phi) is 4.34. The number of nitrogens with zero attached hydrogens (tertiary/aromatic N) is 1. The first-order valence-electron chi connectivity index (χ1n) is 8.58. The van der Waals surface area contributed by atoms with E-state index in [1.165, 1.54) is 5.57 Å². The van der Waals surface area contributed by atoms with E-state index in [9.17, 15) is 4.79 Å². The van der Waals surface area contributed by atoms with Crippen molar-refractivity contribution in [1.82, 2.24) is 4.90 Å². The van der Waals surface area contributed by atoms with Crippen LogP contribution in [0.3, 0.4) is 0 Å². The van der Waals surface area contributed by atoms with Crippen molar-refractivity contribution in [2.75, 3.05) is 26.3 Å². The second kappa shape index (κ2) is 5.97. The molecule has 1 saturated carbocycles. The normalized spacial score (nSPS) is 32.1. The predicted molar refractivity (Wildman–Crippen MR) is 85.2 cm³/mol. The minimum Gasteiger partial charge on any atom is -0.350 e. The first-order chi connectivity index (χ1) is 10.4. The van der Waals surface area contributed by atoms with Gasteiger partial charge in [-0.25, -0.2) is 0 Å². The largest absolute Gasteiger partial charge is 0.350 e. The van der Waals surface area contributed by atoms with Crippen LogP contribution in [0.1, 0.15) is 40.5 Å². The average molecular weight is 307 g/mol. The predicted octanol–water partition coefficient (Wildman–Crippen LogP) is 2.84. The van der Waals surface area contributed by atoms with Crippen LogP contribution in [0.5, 0.6) is 0 Å². The molecule has 1 amide bonds. The number of hydrogen-bond acceptors (Lipinski definition) is 3. The second-order valence-corrected chi connectivity index (χ2v) is 7.84. The number of hydrogen-bond donors (Lipinski definition) is 0. The highest BCUT2D eigenvalue weighted by Gasteiger charge is 2.61. The fraction of sp³-hybridized carbons (Fsp3) is 0.833. The number of carbonyl (C=O) groups excluding carboxylic acids is 1. The zero-order valence-corrected chi connectivity index (χ0v) is 14.3. The third kappa shape index (κ3) is 2.95. The first-order valence-corrected chi connectivity index (χ1v) is 8.58. The number of carbonyl (C=O) groups is 1. The number of ether oxygens (including phenoxy) is 2. The van der Waals surface area contributed by atoms with Gasteiger partial charge in [0.05, 0.1) is 19.1 Å². The maximum absolute atomic E-state index is 12.8. The summed E-state index contributed by atoms with van der Waals surface area (Å²) >= 11 is 0. The molecule has 2 aliphatic heterocycles. The molecule has 1 aliphatic carbocycles. The van der Waals surface area contributed by atoms with Crippen LogP contribution in [0.15, 0.2) is 11.6 Å². The van der Waals surface area contributed by atoms with E-state index in [1.807, 2.05) is 0 Å². The van der Waals surface area contributed by atoms with E-state index in [0.717, 1.165) is 25.9 Å².